The summed E-state index contributed by atoms with van der Waals surface area (Å²) < 4.78 is 25.6. The summed E-state index contributed by atoms with van der Waals surface area (Å²) in [5, 5.41) is 11.3. The number of nitrogens with zero attached hydrogens (tertiary/aromatic N) is 1. The molecule has 1 N–H and O–H groups in total. The van der Waals surface area contributed by atoms with Crippen LogP contribution in [0.4, 0.5) is 8.78 Å². The number of carbonyl (C=O) groups excluding carboxylic acids is 1. The van der Waals surface area contributed by atoms with Gasteiger partial charge in [0.15, 0.2) is 11.6 Å². The van der Waals surface area contributed by atoms with Crippen LogP contribution in [0.25, 0.3) is 0 Å². The van der Waals surface area contributed by atoms with Crippen LogP contribution in [-0.4, -0.2) is 11.9 Å². The zero-order chi connectivity index (χ0) is 12.4. The predicted octanol–water partition coefficient (Wildman–Crippen LogP) is 2.00. The van der Waals surface area contributed by atoms with Crippen LogP contribution < -0.4 is 5.32 Å². The number of rotatable bonds is 3. The molecule has 0 spiro atoms. The van der Waals surface area contributed by atoms with Gasteiger partial charge in [-0.05, 0) is 37.0 Å². The number of hydrogen-bond acceptors (Lipinski definition) is 2. The zero-order valence-corrected chi connectivity index (χ0v) is 8.91. The second-order valence-electron chi connectivity index (χ2n) is 4.05. The van der Waals surface area contributed by atoms with Gasteiger partial charge in [-0.3, -0.25) is 4.79 Å². The van der Waals surface area contributed by atoms with E-state index in [2.05, 4.69) is 5.32 Å². The number of benzene rings is 1. The molecule has 1 aromatic rings. The van der Waals surface area contributed by atoms with Crippen LogP contribution in [0, 0.1) is 28.9 Å². The summed E-state index contributed by atoms with van der Waals surface area (Å²) in [6, 6.07) is 4.35. The molecule has 0 aromatic heterocycles. The molecule has 1 aromatic carbocycles. The molecule has 0 radical (unpaired) electrons. The molecule has 1 unspecified atom stereocenters. The Bertz CT molecular complexity index is 492. The van der Waals surface area contributed by atoms with Crippen LogP contribution in [0.3, 0.4) is 0 Å². The van der Waals surface area contributed by atoms with Crippen LogP contribution in [0.5, 0.6) is 0 Å². The van der Waals surface area contributed by atoms with Crippen LogP contribution in [0.2, 0.25) is 0 Å². The maximum absolute atomic E-state index is 12.9. The molecule has 1 fully saturated rings. The Balaban J connectivity index is 2.08. The second-order valence-corrected chi connectivity index (χ2v) is 4.05. The minimum atomic E-state index is -1.07. The van der Waals surface area contributed by atoms with Crippen molar-refractivity contribution in [1.29, 1.82) is 5.26 Å². The van der Waals surface area contributed by atoms with Crippen molar-refractivity contribution in [2.24, 2.45) is 5.92 Å². The lowest BCUT2D eigenvalue weighted by Gasteiger charge is -2.10. The fraction of sp³-hybridized carbons (Fsp3) is 0.333. The van der Waals surface area contributed by atoms with Gasteiger partial charge in [0.25, 0.3) is 5.91 Å². The molecule has 3 nitrogen and oxygen atoms in total. The van der Waals surface area contributed by atoms with E-state index in [0.717, 1.165) is 25.0 Å². The number of nitrogens with one attached hydrogen (secondary N) is 1. The van der Waals surface area contributed by atoms with Crippen LogP contribution in [0.1, 0.15) is 23.2 Å². The van der Waals surface area contributed by atoms with Crippen molar-refractivity contribution in [3.63, 3.8) is 0 Å². The van der Waals surface area contributed by atoms with Gasteiger partial charge in [-0.15, -0.1) is 0 Å². The first-order valence-corrected chi connectivity index (χ1v) is 5.27. The SMILES string of the molecule is N#CC(NC(=O)c1ccc(F)c(F)c1)C1CC1. The first kappa shape index (κ1) is 11.5. The first-order chi connectivity index (χ1) is 8.11. The van der Waals surface area contributed by atoms with E-state index >= 15 is 0 Å². The molecular formula is C12H10F2N2O. The molecule has 17 heavy (non-hydrogen) atoms. The number of halogens is 2. The molecule has 0 bridgehead atoms. The van der Waals surface area contributed by atoms with Crippen molar-refractivity contribution in [3.05, 3.63) is 35.4 Å². The van der Waals surface area contributed by atoms with Gasteiger partial charge >= 0.3 is 0 Å². The van der Waals surface area contributed by atoms with Crippen molar-refractivity contribution in [2.45, 2.75) is 18.9 Å². The van der Waals surface area contributed by atoms with Crippen molar-refractivity contribution in [2.75, 3.05) is 0 Å². The van der Waals surface area contributed by atoms with Gasteiger partial charge in [0.2, 0.25) is 0 Å². The molecule has 0 heterocycles. The van der Waals surface area contributed by atoms with E-state index < -0.39 is 23.6 Å². The summed E-state index contributed by atoms with van der Waals surface area (Å²) in [6.07, 6.45) is 1.83. The molecular weight excluding hydrogens is 226 g/mol. The third kappa shape index (κ3) is 2.59. The normalized spacial score (nSPS) is 16.1. The predicted molar refractivity (Wildman–Crippen MR) is 55.9 cm³/mol. The first-order valence-electron chi connectivity index (χ1n) is 5.27. The van der Waals surface area contributed by atoms with E-state index in [1.807, 2.05) is 6.07 Å². The zero-order valence-electron chi connectivity index (χ0n) is 8.91. The Morgan fingerprint density at radius 3 is 2.65 bits per heavy atom. The molecule has 1 amide bonds. The van der Waals surface area contributed by atoms with Crippen molar-refractivity contribution in [1.82, 2.24) is 5.32 Å². The highest BCUT2D eigenvalue weighted by atomic mass is 19.2. The van der Waals surface area contributed by atoms with Gasteiger partial charge < -0.3 is 5.32 Å². The van der Waals surface area contributed by atoms with Crippen molar-refractivity contribution >= 4 is 5.91 Å². The highest BCUT2D eigenvalue weighted by Crippen LogP contribution is 2.32. The molecule has 88 valence electrons. The van der Waals surface area contributed by atoms with Gasteiger partial charge in [-0.1, -0.05) is 0 Å². The highest BCUT2D eigenvalue weighted by Gasteiger charge is 2.32. The second kappa shape index (κ2) is 4.50. The van der Waals surface area contributed by atoms with Gasteiger partial charge in [-0.2, -0.15) is 5.26 Å². The Morgan fingerprint density at radius 1 is 1.41 bits per heavy atom. The summed E-state index contributed by atoms with van der Waals surface area (Å²) in [5.74, 6) is -2.44. The molecule has 1 saturated carbocycles. The average Bonchev–Trinajstić information content (AvgIpc) is 3.13. The smallest absolute Gasteiger partial charge is 0.252 e. The summed E-state index contributed by atoms with van der Waals surface area (Å²) in [4.78, 5) is 11.7. The van der Waals surface area contributed by atoms with E-state index in [1.165, 1.54) is 6.07 Å². The van der Waals surface area contributed by atoms with Crippen molar-refractivity contribution < 1.29 is 13.6 Å². The third-order valence-corrected chi connectivity index (χ3v) is 2.70. The van der Waals surface area contributed by atoms with Gasteiger partial charge in [0, 0.05) is 5.56 Å². The van der Waals surface area contributed by atoms with Crippen LogP contribution in [0.15, 0.2) is 18.2 Å². The minimum Gasteiger partial charge on any atom is -0.336 e. The minimum absolute atomic E-state index is 0.0183. The van der Waals surface area contributed by atoms with E-state index in [9.17, 15) is 13.6 Å². The van der Waals surface area contributed by atoms with E-state index in [-0.39, 0.29) is 11.5 Å². The molecule has 2 rings (SSSR count). The monoisotopic (exact) mass is 236 g/mol. The number of nitriles is 1. The summed E-state index contributed by atoms with van der Waals surface area (Å²) in [5.41, 5.74) is 0.0183. The van der Waals surface area contributed by atoms with E-state index in [0.29, 0.717) is 0 Å². The van der Waals surface area contributed by atoms with E-state index in [1.54, 1.807) is 0 Å². The van der Waals surface area contributed by atoms with Gasteiger partial charge in [0.05, 0.1) is 6.07 Å². The Labute approximate surface area is 97.1 Å². The summed E-state index contributed by atoms with van der Waals surface area (Å²) in [6.45, 7) is 0. The highest BCUT2D eigenvalue weighted by molar-refractivity contribution is 5.94. The number of carbonyl (C=O) groups is 1. The lowest BCUT2D eigenvalue weighted by Crippen LogP contribution is -2.35. The molecule has 1 aliphatic carbocycles. The standard InChI is InChI=1S/C12H10F2N2O/c13-9-4-3-8(5-10(9)14)12(17)16-11(6-15)7-1-2-7/h3-5,7,11H,1-2H2,(H,16,17). The molecule has 0 aliphatic heterocycles. The maximum atomic E-state index is 12.9. The quantitative estimate of drug-likeness (QED) is 0.872. The number of amides is 1. The molecule has 0 saturated heterocycles. The third-order valence-electron chi connectivity index (χ3n) is 2.70. The Hall–Kier alpha value is -1.96. The summed E-state index contributed by atoms with van der Waals surface area (Å²) in [7, 11) is 0. The fourth-order valence-electron chi connectivity index (χ4n) is 1.55. The molecule has 1 aliphatic rings. The Morgan fingerprint density at radius 2 is 2.12 bits per heavy atom. The molecule has 5 heteroatoms. The van der Waals surface area contributed by atoms with Gasteiger partial charge in [0.1, 0.15) is 6.04 Å². The Kier molecular flexibility index (Phi) is 3.05. The van der Waals surface area contributed by atoms with Crippen molar-refractivity contribution in [3.8, 4) is 6.07 Å². The lowest BCUT2D eigenvalue weighted by molar-refractivity contribution is 0.0941. The largest absolute Gasteiger partial charge is 0.336 e. The van der Waals surface area contributed by atoms with E-state index in [4.69, 9.17) is 5.26 Å². The topological polar surface area (TPSA) is 52.9 Å². The van der Waals surface area contributed by atoms with Crippen LogP contribution >= 0.6 is 0 Å². The van der Waals surface area contributed by atoms with Crippen LogP contribution in [-0.2, 0) is 0 Å². The molecule has 1 atom stereocenters. The fourth-order valence-corrected chi connectivity index (χ4v) is 1.55. The average molecular weight is 236 g/mol. The maximum Gasteiger partial charge on any atom is 0.252 e. The lowest BCUT2D eigenvalue weighted by atomic mass is 10.1. The van der Waals surface area contributed by atoms with Gasteiger partial charge in [-0.25, -0.2) is 8.78 Å². The summed E-state index contributed by atoms with van der Waals surface area (Å²) >= 11 is 0. The number of hydrogen-bond donors (Lipinski definition) is 1.